The first-order valence-electron chi connectivity index (χ1n) is 19.5. The maximum atomic E-state index is 14.3. The Kier molecular flexibility index (Phi) is 18.6. The molecule has 3 amide bonds. The molecule has 308 valence electrons. The molecule has 2 aliphatic rings. The zero-order chi connectivity index (χ0) is 41.4. The second-order valence-electron chi connectivity index (χ2n) is 15.0. The molecular weight excluding hydrogens is 718 g/mol. The monoisotopic (exact) mass is 779 g/mol. The van der Waals surface area contributed by atoms with Crippen LogP contribution in [0.15, 0.2) is 72.9 Å². The highest BCUT2D eigenvalue weighted by atomic mass is 16.5. The smallest absolute Gasteiger partial charge is 0.325 e. The van der Waals surface area contributed by atoms with Gasteiger partial charge in [0.25, 0.3) is 5.91 Å². The number of ketones is 1. The summed E-state index contributed by atoms with van der Waals surface area (Å²) in [5.74, 6) is -5.13. The Bertz CT molecular complexity index is 1610. The number of nitrogens with one attached hydrogen (secondary N) is 4. The second kappa shape index (κ2) is 22.8. The lowest BCUT2D eigenvalue weighted by atomic mass is 9.84. The standard InChI is InChI=1S/C42H61N5O9/c1-7-21-43-22-20-27(4)36-17-10-8-9-16-35(50)29(6)38(51)32(19-18-28(5)48)39(52)45-37(26(2)3)40(53)44-34(25-30-13-11-14-31(49)24-30)41(54)47-23-12-15-33(46-47)42(55)56-36/h7-11,13-14,16,20,24,26,29,32-38,43,46,49-51H,1,12,15,17-19,21-23,25H2,2-6H3,(H,44,53)(H,45,52). The molecule has 3 rings (SSSR count). The number of aliphatic hydroxyl groups excluding tert-OH is 2. The number of hydrogen-bond acceptors (Lipinski definition) is 11. The van der Waals surface area contributed by atoms with E-state index in [9.17, 15) is 39.3 Å². The summed E-state index contributed by atoms with van der Waals surface area (Å²) in [6, 6.07) is 3.08. The molecule has 1 aromatic rings. The third kappa shape index (κ3) is 14.1. The lowest BCUT2D eigenvalue weighted by molar-refractivity contribution is -0.156. The summed E-state index contributed by atoms with van der Waals surface area (Å²) < 4.78 is 6.03. The van der Waals surface area contributed by atoms with Crippen molar-refractivity contribution in [3.8, 4) is 5.75 Å². The number of aromatic hydroxyl groups is 1. The Labute approximate surface area is 330 Å². The zero-order valence-electron chi connectivity index (χ0n) is 33.3. The molecule has 14 heteroatoms. The van der Waals surface area contributed by atoms with Gasteiger partial charge in [0.1, 0.15) is 35.8 Å². The molecule has 7 N–H and O–H groups in total. The first-order chi connectivity index (χ1) is 26.6. The Balaban J connectivity index is 2.06. The molecule has 8 unspecified atom stereocenters. The lowest BCUT2D eigenvalue weighted by Crippen LogP contribution is -2.62. The summed E-state index contributed by atoms with van der Waals surface area (Å²) in [6.07, 6.45) is 8.11. The summed E-state index contributed by atoms with van der Waals surface area (Å²) in [6.45, 7) is 13.3. The van der Waals surface area contributed by atoms with Gasteiger partial charge in [0.15, 0.2) is 0 Å². The molecule has 0 aliphatic carbocycles. The Morgan fingerprint density at radius 3 is 2.52 bits per heavy atom. The Hall–Kier alpha value is -4.63. The number of aliphatic hydroxyl groups is 2. The van der Waals surface area contributed by atoms with E-state index in [0.29, 0.717) is 37.9 Å². The number of nitrogens with zero attached hydrogens (tertiary/aromatic N) is 1. The van der Waals surface area contributed by atoms with Gasteiger partial charge in [0.05, 0.1) is 18.1 Å². The zero-order valence-corrected chi connectivity index (χ0v) is 33.3. The Morgan fingerprint density at radius 2 is 1.84 bits per heavy atom. The average Bonchev–Trinajstić information content (AvgIpc) is 3.16. The third-order valence-corrected chi connectivity index (χ3v) is 10.1. The quantitative estimate of drug-likeness (QED) is 0.0988. The van der Waals surface area contributed by atoms with Crippen LogP contribution in [0.1, 0.15) is 72.3 Å². The molecule has 14 nitrogen and oxygen atoms in total. The normalized spacial score (nSPS) is 27.8. The molecule has 0 spiro atoms. The van der Waals surface area contributed by atoms with Crippen molar-refractivity contribution in [1.29, 1.82) is 0 Å². The van der Waals surface area contributed by atoms with Crippen molar-refractivity contribution in [1.82, 2.24) is 26.4 Å². The van der Waals surface area contributed by atoms with Crippen molar-refractivity contribution >= 4 is 29.5 Å². The van der Waals surface area contributed by atoms with Gasteiger partial charge in [-0.25, -0.2) is 5.43 Å². The number of amides is 3. The van der Waals surface area contributed by atoms with E-state index in [0.717, 1.165) is 5.57 Å². The molecule has 2 bridgehead atoms. The number of allylic oxidation sites excluding steroid dienone is 2. The number of hydrogen-bond donors (Lipinski definition) is 7. The van der Waals surface area contributed by atoms with Crippen LogP contribution in [0.5, 0.6) is 5.75 Å². The summed E-state index contributed by atoms with van der Waals surface area (Å²) in [4.78, 5) is 67.9. The van der Waals surface area contributed by atoms with E-state index in [1.54, 1.807) is 57.2 Å². The second-order valence-corrected chi connectivity index (χ2v) is 15.0. The minimum absolute atomic E-state index is 0.0106. The van der Waals surface area contributed by atoms with E-state index < -0.39 is 77.9 Å². The number of Topliss-reactive ketones (excluding diaryl/α,β-unsaturated/α-hetero) is 1. The number of phenolic OH excluding ortho intramolecular Hbond substituents is 1. The van der Waals surface area contributed by atoms with Crippen LogP contribution in [0.2, 0.25) is 0 Å². The molecule has 0 saturated carbocycles. The van der Waals surface area contributed by atoms with Crippen LogP contribution in [0.3, 0.4) is 0 Å². The fourth-order valence-corrected chi connectivity index (χ4v) is 6.60. The van der Waals surface area contributed by atoms with Gasteiger partial charge in [-0.2, -0.15) is 0 Å². The predicted molar refractivity (Wildman–Crippen MR) is 213 cm³/mol. The topological polar surface area (TPSA) is 207 Å². The van der Waals surface area contributed by atoms with Crippen molar-refractivity contribution in [2.45, 2.75) is 110 Å². The van der Waals surface area contributed by atoms with E-state index >= 15 is 0 Å². The first kappa shape index (κ1) is 45.8. The summed E-state index contributed by atoms with van der Waals surface area (Å²) in [5.41, 5.74) is 4.37. The van der Waals surface area contributed by atoms with Crippen LogP contribution in [-0.2, 0) is 35.1 Å². The molecule has 2 heterocycles. The number of cyclic esters (lactones) is 1. The van der Waals surface area contributed by atoms with E-state index in [1.165, 1.54) is 30.1 Å². The molecule has 56 heavy (non-hydrogen) atoms. The number of rotatable bonds is 11. The fourth-order valence-electron chi connectivity index (χ4n) is 6.60. The van der Waals surface area contributed by atoms with Gasteiger partial charge in [-0.1, -0.05) is 69.4 Å². The molecule has 1 aromatic carbocycles. The van der Waals surface area contributed by atoms with Crippen LogP contribution in [0.25, 0.3) is 0 Å². The van der Waals surface area contributed by atoms with Crippen LogP contribution >= 0.6 is 0 Å². The van der Waals surface area contributed by atoms with Crippen LogP contribution in [-0.4, -0.2) is 106 Å². The number of hydrazine groups is 1. The minimum atomic E-state index is -1.39. The SMILES string of the molecule is C=CCNCC=C(C)C1CC=CC=CC(O)C(C)C(O)C(CCC(C)=O)C(=O)NC(C(C)C)C(=O)NC(Cc2cccc(O)c2)C(=O)N2CCCC(N2)C(=O)O1. The van der Waals surface area contributed by atoms with Crippen molar-refractivity contribution in [3.63, 3.8) is 0 Å². The van der Waals surface area contributed by atoms with Gasteiger partial charge in [-0.15, -0.1) is 6.58 Å². The maximum Gasteiger partial charge on any atom is 0.325 e. The van der Waals surface area contributed by atoms with Gasteiger partial charge in [-0.3, -0.25) is 24.2 Å². The first-order valence-corrected chi connectivity index (χ1v) is 19.5. The average molecular weight is 780 g/mol. The summed E-state index contributed by atoms with van der Waals surface area (Å²) >= 11 is 0. The third-order valence-electron chi connectivity index (χ3n) is 10.1. The highest BCUT2D eigenvalue weighted by Gasteiger charge is 2.38. The lowest BCUT2D eigenvalue weighted by Gasteiger charge is -2.36. The van der Waals surface area contributed by atoms with Crippen molar-refractivity contribution in [2.75, 3.05) is 19.6 Å². The van der Waals surface area contributed by atoms with Gasteiger partial charge in [-0.05, 0) is 62.3 Å². The maximum absolute atomic E-state index is 14.3. The Morgan fingerprint density at radius 1 is 1.09 bits per heavy atom. The van der Waals surface area contributed by atoms with Crippen molar-refractivity contribution in [2.24, 2.45) is 17.8 Å². The molecular formula is C42H61N5O9. The van der Waals surface area contributed by atoms with E-state index in [1.807, 2.05) is 13.0 Å². The fraction of sp³-hybridized carbons (Fsp3) is 0.548. The molecule has 8 atom stereocenters. The number of phenols is 1. The number of ether oxygens (including phenoxy) is 1. The highest BCUT2D eigenvalue weighted by Crippen LogP contribution is 2.24. The van der Waals surface area contributed by atoms with Crippen LogP contribution in [0, 0.1) is 17.8 Å². The number of benzene rings is 1. The van der Waals surface area contributed by atoms with Crippen molar-refractivity contribution < 1.29 is 44.0 Å². The molecule has 0 aromatic heterocycles. The van der Waals surface area contributed by atoms with Gasteiger partial charge in [0.2, 0.25) is 11.8 Å². The summed E-state index contributed by atoms with van der Waals surface area (Å²) in [5, 5.41) is 42.7. The van der Waals surface area contributed by atoms with E-state index in [-0.39, 0.29) is 37.3 Å². The van der Waals surface area contributed by atoms with Crippen molar-refractivity contribution in [3.05, 3.63) is 78.4 Å². The highest BCUT2D eigenvalue weighted by molar-refractivity contribution is 5.93. The number of esters is 1. The number of fused-ring (bicyclic) bond motifs is 2. The molecule has 1 saturated heterocycles. The van der Waals surface area contributed by atoms with Gasteiger partial charge < -0.3 is 40.8 Å². The van der Waals surface area contributed by atoms with E-state index in [2.05, 4.69) is 28.0 Å². The van der Waals surface area contributed by atoms with Gasteiger partial charge in [0, 0.05) is 44.8 Å². The molecule has 1 fully saturated rings. The molecule has 0 radical (unpaired) electrons. The summed E-state index contributed by atoms with van der Waals surface area (Å²) in [7, 11) is 0. The number of carbonyl (C=O) groups excluding carboxylic acids is 5. The van der Waals surface area contributed by atoms with E-state index in [4.69, 9.17) is 4.74 Å². The number of carbonyl (C=O) groups is 5. The molecule has 2 aliphatic heterocycles. The van der Waals surface area contributed by atoms with Gasteiger partial charge >= 0.3 is 5.97 Å². The predicted octanol–water partition coefficient (Wildman–Crippen LogP) is 2.55. The van der Waals surface area contributed by atoms with Crippen LogP contribution < -0.4 is 21.4 Å². The largest absolute Gasteiger partial charge is 0.508 e. The van der Waals surface area contributed by atoms with Crippen LogP contribution in [0.4, 0.5) is 0 Å². The minimum Gasteiger partial charge on any atom is -0.508 e.